The van der Waals surface area contributed by atoms with E-state index in [4.69, 9.17) is 0 Å². The molecule has 0 aliphatic rings. The maximum Gasteiger partial charge on any atom is 0.214 e. The molecule has 3 rings (SSSR count). The van der Waals surface area contributed by atoms with E-state index < -0.39 is 39.0 Å². The standard InChI is InChI=1S/C57H92O7S3/c1-5-8-11-14-17-20-23-26-29-32-41-50-44-35-38-47-53(50)65(59,60)56(66(61,62)54-48-39-36-45-51(54)42-33-30-27-24-21-18-15-12-9-6-2)57(4,58)67(63,64)55-49-40-37-46-52(55)43-34-31-28-25-22-19-16-13-10-7-3/h35-40,44-49,56,58H,5-34,41-43H2,1-4H3. The minimum absolute atomic E-state index is 0.233. The molecular weight excluding hydrogens is 893 g/mol. The first-order chi connectivity index (χ1) is 32.3. The summed E-state index contributed by atoms with van der Waals surface area (Å²) in [5.74, 6) is 0. The fraction of sp³-hybridized carbons (Fsp3) is 0.684. The van der Waals surface area contributed by atoms with E-state index in [1.54, 1.807) is 54.6 Å². The largest absolute Gasteiger partial charge is 0.372 e. The highest BCUT2D eigenvalue weighted by Gasteiger charge is 2.60. The van der Waals surface area contributed by atoms with Crippen LogP contribution in [-0.2, 0) is 48.8 Å². The number of hydrogen-bond donors (Lipinski definition) is 1. The molecule has 0 saturated carbocycles. The van der Waals surface area contributed by atoms with Gasteiger partial charge in [-0.2, -0.15) is 0 Å². The smallest absolute Gasteiger partial charge is 0.214 e. The van der Waals surface area contributed by atoms with Crippen LogP contribution in [0.25, 0.3) is 0 Å². The molecule has 1 atom stereocenters. The van der Waals surface area contributed by atoms with Crippen LogP contribution in [0.2, 0.25) is 0 Å². The summed E-state index contributed by atoms with van der Waals surface area (Å²) in [6, 6.07) is 19.0. The van der Waals surface area contributed by atoms with Gasteiger partial charge in [-0.25, -0.2) is 25.3 Å². The molecule has 10 heteroatoms. The third kappa shape index (κ3) is 19.3. The molecule has 0 radical (unpaired) electrons. The second-order valence-electron chi connectivity index (χ2n) is 19.6. The molecule has 0 saturated heterocycles. The fourth-order valence-corrected chi connectivity index (χ4v) is 17.8. The molecule has 3 aromatic rings. The Kier molecular flexibility index (Phi) is 28.4. The van der Waals surface area contributed by atoms with Gasteiger partial charge in [-0.1, -0.05) is 249 Å². The summed E-state index contributed by atoms with van der Waals surface area (Å²) in [6.07, 6.45) is 34.5. The lowest BCUT2D eigenvalue weighted by Crippen LogP contribution is -2.54. The van der Waals surface area contributed by atoms with Crippen molar-refractivity contribution in [2.75, 3.05) is 0 Å². The van der Waals surface area contributed by atoms with Crippen LogP contribution in [0.1, 0.15) is 237 Å². The van der Waals surface area contributed by atoms with Crippen molar-refractivity contribution in [1.82, 2.24) is 0 Å². The van der Waals surface area contributed by atoms with Crippen LogP contribution in [0.4, 0.5) is 0 Å². The van der Waals surface area contributed by atoms with Crippen molar-refractivity contribution >= 4 is 29.5 Å². The first-order valence-corrected chi connectivity index (χ1v) is 31.5. The van der Waals surface area contributed by atoms with E-state index in [0.29, 0.717) is 55.2 Å². The van der Waals surface area contributed by atoms with Crippen LogP contribution in [-0.4, -0.2) is 39.9 Å². The lowest BCUT2D eigenvalue weighted by molar-refractivity contribution is 0.156. The second-order valence-corrected chi connectivity index (χ2v) is 26.2. The van der Waals surface area contributed by atoms with Crippen LogP contribution in [0, 0.1) is 0 Å². The highest BCUT2D eigenvalue weighted by Crippen LogP contribution is 2.41. The second kappa shape index (κ2) is 32.4. The number of benzene rings is 3. The number of aliphatic hydroxyl groups is 1. The Morgan fingerprint density at radius 3 is 0.866 bits per heavy atom. The van der Waals surface area contributed by atoms with Crippen LogP contribution in [0.5, 0.6) is 0 Å². The van der Waals surface area contributed by atoms with Gasteiger partial charge in [-0.05, 0) is 80.3 Å². The molecule has 0 heterocycles. The molecule has 0 amide bonds. The SMILES string of the molecule is CCCCCCCCCCCCc1ccccc1S(=O)(=O)C(C(C)(O)S(=O)(=O)c1ccccc1CCCCCCCCCCCC)S(=O)(=O)c1ccccc1CCCCCCCCCCCC. The average molecular weight is 986 g/mol. The summed E-state index contributed by atoms with van der Waals surface area (Å²) < 4.78 is 89.0. The number of sulfone groups is 3. The lowest BCUT2D eigenvalue weighted by Gasteiger charge is -2.33. The van der Waals surface area contributed by atoms with Gasteiger partial charge in [0, 0.05) is 0 Å². The molecule has 1 N–H and O–H groups in total. The Balaban J connectivity index is 1.95. The normalized spacial score (nSPS) is 13.3. The summed E-state index contributed by atoms with van der Waals surface area (Å²) in [7, 11) is -15.2. The summed E-state index contributed by atoms with van der Waals surface area (Å²) in [5, 5.41) is 12.7. The molecule has 0 bridgehead atoms. The molecule has 0 aliphatic heterocycles. The Morgan fingerprint density at radius 2 is 0.582 bits per heavy atom. The van der Waals surface area contributed by atoms with Gasteiger partial charge in [-0.15, -0.1) is 0 Å². The van der Waals surface area contributed by atoms with Crippen molar-refractivity contribution in [3.63, 3.8) is 0 Å². The number of aryl methyl sites for hydroxylation is 3. The molecular formula is C57H92O7S3. The molecule has 0 aromatic heterocycles. The van der Waals surface area contributed by atoms with E-state index >= 15 is 25.3 Å². The van der Waals surface area contributed by atoms with Crippen LogP contribution < -0.4 is 0 Å². The van der Waals surface area contributed by atoms with E-state index in [-0.39, 0.29) is 14.7 Å². The molecule has 0 spiro atoms. The molecule has 7 nitrogen and oxygen atoms in total. The van der Waals surface area contributed by atoms with Gasteiger partial charge < -0.3 is 5.11 Å². The lowest BCUT2D eigenvalue weighted by atomic mass is 10.0. The van der Waals surface area contributed by atoms with Crippen LogP contribution in [0.15, 0.2) is 87.5 Å². The Bertz CT molecular complexity index is 2030. The van der Waals surface area contributed by atoms with Gasteiger partial charge in [0.25, 0.3) is 0 Å². The molecule has 1 unspecified atom stereocenters. The zero-order valence-electron chi connectivity index (χ0n) is 42.5. The topological polar surface area (TPSA) is 123 Å². The van der Waals surface area contributed by atoms with Crippen molar-refractivity contribution in [2.24, 2.45) is 0 Å². The third-order valence-electron chi connectivity index (χ3n) is 13.8. The van der Waals surface area contributed by atoms with Gasteiger partial charge in [-0.3, -0.25) is 0 Å². The Labute approximate surface area is 410 Å². The number of hydrogen-bond acceptors (Lipinski definition) is 7. The van der Waals surface area contributed by atoms with E-state index in [9.17, 15) is 5.11 Å². The Hall–Kier alpha value is -2.53. The van der Waals surface area contributed by atoms with Crippen molar-refractivity contribution in [3.05, 3.63) is 89.5 Å². The predicted molar refractivity (Wildman–Crippen MR) is 282 cm³/mol. The van der Waals surface area contributed by atoms with Gasteiger partial charge in [0.1, 0.15) is 0 Å². The summed E-state index contributed by atoms with van der Waals surface area (Å²) in [4.78, 5) is -4.00. The predicted octanol–water partition coefficient (Wildman–Crippen LogP) is 15.8. The molecule has 0 aliphatic carbocycles. The van der Waals surface area contributed by atoms with Crippen molar-refractivity contribution < 1.29 is 30.4 Å². The van der Waals surface area contributed by atoms with Crippen molar-refractivity contribution in [2.45, 2.75) is 264 Å². The van der Waals surface area contributed by atoms with Crippen LogP contribution >= 0.6 is 0 Å². The molecule has 67 heavy (non-hydrogen) atoms. The van der Waals surface area contributed by atoms with E-state index in [2.05, 4.69) is 20.8 Å². The number of unbranched alkanes of at least 4 members (excludes halogenated alkanes) is 27. The molecule has 3 aromatic carbocycles. The zero-order valence-corrected chi connectivity index (χ0v) is 44.9. The zero-order chi connectivity index (χ0) is 48.9. The van der Waals surface area contributed by atoms with Gasteiger partial charge in [0.15, 0.2) is 24.6 Å². The van der Waals surface area contributed by atoms with E-state index in [1.165, 1.54) is 134 Å². The molecule has 380 valence electrons. The van der Waals surface area contributed by atoms with E-state index in [1.807, 2.05) is 0 Å². The minimum Gasteiger partial charge on any atom is -0.372 e. The molecule has 0 fully saturated rings. The van der Waals surface area contributed by atoms with Gasteiger partial charge >= 0.3 is 0 Å². The van der Waals surface area contributed by atoms with Crippen molar-refractivity contribution in [1.29, 1.82) is 0 Å². The highest BCUT2D eigenvalue weighted by atomic mass is 32.3. The number of rotatable bonds is 40. The maximum atomic E-state index is 15.4. The van der Waals surface area contributed by atoms with Crippen molar-refractivity contribution in [3.8, 4) is 0 Å². The first-order valence-electron chi connectivity index (χ1n) is 27.0. The average Bonchev–Trinajstić information content (AvgIpc) is 3.30. The Morgan fingerprint density at radius 1 is 0.358 bits per heavy atom. The van der Waals surface area contributed by atoms with Crippen LogP contribution in [0.3, 0.4) is 0 Å². The fourth-order valence-electron chi connectivity index (χ4n) is 9.68. The van der Waals surface area contributed by atoms with Gasteiger partial charge in [0.2, 0.25) is 14.4 Å². The highest BCUT2D eigenvalue weighted by molar-refractivity contribution is 8.10. The summed E-state index contributed by atoms with van der Waals surface area (Å²) in [6.45, 7) is 7.53. The van der Waals surface area contributed by atoms with E-state index in [0.717, 1.165) is 64.7 Å². The monoisotopic (exact) mass is 985 g/mol. The van der Waals surface area contributed by atoms with Gasteiger partial charge in [0.05, 0.1) is 14.7 Å². The minimum atomic E-state index is -5.08. The third-order valence-corrected chi connectivity index (χ3v) is 22.0. The first kappa shape index (κ1) is 58.8. The quantitative estimate of drug-likeness (QED) is 0.0563. The maximum absolute atomic E-state index is 15.4. The summed E-state index contributed by atoms with van der Waals surface area (Å²) >= 11 is 0. The summed E-state index contributed by atoms with van der Waals surface area (Å²) in [5.41, 5.74) is 1.30.